The number of nitrogens with zero attached hydrogens (tertiary/aromatic N) is 3. The van der Waals surface area contributed by atoms with Gasteiger partial charge in [-0.15, -0.1) is 0 Å². The summed E-state index contributed by atoms with van der Waals surface area (Å²) < 4.78 is 5.90. The lowest BCUT2D eigenvalue weighted by Crippen LogP contribution is -2.52. The highest BCUT2D eigenvalue weighted by Crippen LogP contribution is 2.34. The summed E-state index contributed by atoms with van der Waals surface area (Å²) in [5.41, 5.74) is -0.421. The zero-order valence-electron chi connectivity index (χ0n) is 24.3. The molecule has 5 heteroatoms. The van der Waals surface area contributed by atoms with Gasteiger partial charge in [-0.2, -0.15) is 0 Å². The van der Waals surface area contributed by atoms with E-state index in [0.717, 1.165) is 63.2 Å². The van der Waals surface area contributed by atoms with Gasteiger partial charge in [-0.05, 0) is 96.2 Å². The zero-order valence-corrected chi connectivity index (χ0v) is 24.3. The third-order valence-corrected chi connectivity index (χ3v) is 9.45. The summed E-state index contributed by atoms with van der Waals surface area (Å²) in [6, 6.07) is 0.676. The molecule has 3 rings (SSSR count). The highest BCUT2D eigenvalue weighted by molar-refractivity contribution is 4.90. The Bertz CT molecular complexity index is 596. The van der Waals surface area contributed by atoms with Crippen LogP contribution in [-0.4, -0.2) is 96.5 Å². The molecule has 5 nitrogen and oxygen atoms in total. The van der Waals surface area contributed by atoms with Gasteiger partial charge in [0, 0.05) is 38.8 Å². The van der Waals surface area contributed by atoms with Crippen LogP contribution in [0.25, 0.3) is 0 Å². The largest absolute Gasteiger partial charge is 0.390 e. The summed E-state index contributed by atoms with van der Waals surface area (Å²) >= 11 is 0. The molecule has 0 saturated carbocycles. The zero-order chi connectivity index (χ0) is 25.6. The SMILES string of the molecule is CC(C)CC1(O)CCN(CC2CC(C(C)CCC(C)CCN3C[C@@H](C)O[C@@H](C)C3)CCN2C)CC1. The highest BCUT2D eigenvalue weighted by atomic mass is 16.5. The summed E-state index contributed by atoms with van der Waals surface area (Å²) in [4.78, 5) is 7.87. The van der Waals surface area contributed by atoms with E-state index in [-0.39, 0.29) is 0 Å². The van der Waals surface area contributed by atoms with E-state index in [1.54, 1.807) is 0 Å². The molecule has 0 aromatic heterocycles. The van der Waals surface area contributed by atoms with E-state index in [2.05, 4.69) is 63.3 Å². The Kier molecular flexibility index (Phi) is 11.4. The minimum absolute atomic E-state index is 0.377. The van der Waals surface area contributed by atoms with Gasteiger partial charge in [-0.1, -0.05) is 40.5 Å². The number of aliphatic hydroxyl groups is 1. The van der Waals surface area contributed by atoms with E-state index < -0.39 is 5.60 Å². The van der Waals surface area contributed by atoms with E-state index in [9.17, 15) is 5.11 Å². The van der Waals surface area contributed by atoms with Crippen molar-refractivity contribution in [3.05, 3.63) is 0 Å². The van der Waals surface area contributed by atoms with Crippen LogP contribution in [0.1, 0.15) is 92.9 Å². The third-order valence-electron chi connectivity index (χ3n) is 9.45. The lowest BCUT2D eigenvalue weighted by Gasteiger charge is -2.44. The minimum Gasteiger partial charge on any atom is -0.390 e. The van der Waals surface area contributed by atoms with E-state index in [1.807, 2.05) is 0 Å². The van der Waals surface area contributed by atoms with Crippen molar-refractivity contribution in [3.63, 3.8) is 0 Å². The van der Waals surface area contributed by atoms with E-state index in [4.69, 9.17) is 4.74 Å². The molecule has 0 amide bonds. The summed E-state index contributed by atoms with van der Waals surface area (Å²) in [6.07, 6.45) is 10.4. The molecular formula is C30H59N3O2. The van der Waals surface area contributed by atoms with Gasteiger partial charge in [0.2, 0.25) is 0 Å². The molecular weight excluding hydrogens is 434 g/mol. The molecule has 0 bridgehead atoms. The number of ether oxygens (including phenoxy) is 1. The fraction of sp³-hybridized carbons (Fsp3) is 1.00. The molecule has 4 unspecified atom stereocenters. The van der Waals surface area contributed by atoms with Crippen LogP contribution in [0.4, 0.5) is 0 Å². The average molecular weight is 494 g/mol. The Morgan fingerprint density at radius 1 is 0.914 bits per heavy atom. The predicted molar refractivity (Wildman–Crippen MR) is 148 cm³/mol. The van der Waals surface area contributed by atoms with Gasteiger partial charge in [-0.3, -0.25) is 4.90 Å². The first kappa shape index (κ1) is 29.4. The van der Waals surface area contributed by atoms with Crippen molar-refractivity contribution in [3.8, 4) is 0 Å². The molecule has 0 aliphatic carbocycles. The Morgan fingerprint density at radius 2 is 1.57 bits per heavy atom. The summed E-state index contributed by atoms with van der Waals surface area (Å²) in [5, 5.41) is 10.9. The fourth-order valence-electron chi connectivity index (χ4n) is 7.14. The van der Waals surface area contributed by atoms with Crippen LogP contribution >= 0.6 is 0 Å². The first-order valence-electron chi connectivity index (χ1n) is 15.1. The number of likely N-dealkylation sites (N-methyl/N-ethyl adjacent to an activating group) is 1. The molecule has 3 aliphatic rings. The van der Waals surface area contributed by atoms with E-state index in [1.165, 1.54) is 51.7 Å². The number of piperidine rings is 2. The van der Waals surface area contributed by atoms with Crippen molar-refractivity contribution in [2.45, 2.75) is 117 Å². The molecule has 1 N–H and O–H groups in total. The van der Waals surface area contributed by atoms with Crippen molar-refractivity contribution >= 4 is 0 Å². The molecule has 0 spiro atoms. The predicted octanol–water partition coefficient (Wildman–Crippen LogP) is 5.12. The van der Waals surface area contributed by atoms with Crippen LogP contribution in [-0.2, 0) is 4.74 Å². The van der Waals surface area contributed by atoms with Crippen molar-refractivity contribution < 1.29 is 9.84 Å². The van der Waals surface area contributed by atoms with Gasteiger partial charge in [0.05, 0.1) is 17.8 Å². The maximum absolute atomic E-state index is 10.9. The number of rotatable bonds is 11. The number of likely N-dealkylation sites (tertiary alicyclic amines) is 2. The Labute approximate surface area is 217 Å². The molecule has 3 fully saturated rings. The topological polar surface area (TPSA) is 39.2 Å². The normalized spacial score (nSPS) is 33.2. The first-order chi connectivity index (χ1) is 16.5. The molecule has 6 atom stereocenters. The summed E-state index contributed by atoms with van der Waals surface area (Å²) in [5.74, 6) is 3.08. The van der Waals surface area contributed by atoms with E-state index in [0.29, 0.717) is 24.2 Å². The van der Waals surface area contributed by atoms with Crippen molar-refractivity contribution in [1.82, 2.24) is 14.7 Å². The Balaban J connectivity index is 1.37. The van der Waals surface area contributed by atoms with Crippen LogP contribution in [0.15, 0.2) is 0 Å². The fourth-order valence-corrected chi connectivity index (χ4v) is 7.14. The van der Waals surface area contributed by atoms with Crippen molar-refractivity contribution in [2.75, 3.05) is 52.9 Å². The van der Waals surface area contributed by atoms with Gasteiger partial charge < -0.3 is 19.6 Å². The van der Waals surface area contributed by atoms with Crippen LogP contribution < -0.4 is 0 Å². The molecule has 0 radical (unpaired) electrons. The maximum atomic E-state index is 10.9. The second-order valence-electron chi connectivity index (χ2n) is 13.5. The highest BCUT2D eigenvalue weighted by Gasteiger charge is 2.35. The summed E-state index contributed by atoms with van der Waals surface area (Å²) in [7, 11) is 2.33. The standard InChI is InChI=1S/C30H59N3O2/c1-23(2)19-30(34)12-16-32(17-13-30)22-29-18-28(11-14-31(29)7)25(4)9-8-24(3)10-15-33-20-26(5)35-27(6)21-33/h23-29,34H,8-22H2,1-7H3/t24?,25?,26-,27+,28?,29?. The van der Waals surface area contributed by atoms with Crippen LogP contribution in [0.5, 0.6) is 0 Å². The van der Waals surface area contributed by atoms with Gasteiger partial charge in [-0.25, -0.2) is 0 Å². The minimum atomic E-state index is -0.421. The molecule has 0 aromatic rings. The lowest BCUT2D eigenvalue weighted by atomic mass is 9.78. The number of hydrogen-bond donors (Lipinski definition) is 1. The van der Waals surface area contributed by atoms with E-state index >= 15 is 0 Å². The smallest absolute Gasteiger partial charge is 0.0678 e. The molecule has 3 heterocycles. The van der Waals surface area contributed by atoms with Gasteiger partial charge in [0.15, 0.2) is 0 Å². The number of morpholine rings is 1. The molecule has 35 heavy (non-hydrogen) atoms. The maximum Gasteiger partial charge on any atom is 0.0678 e. The molecule has 0 aromatic carbocycles. The second-order valence-corrected chi connectivity index (χ2v) is 13.5. The monoisotopic (exact) mass is 493 g/mol. The van der Waals surface area contributed by atoms with Gasteiger partial charge in [0.1, 0.15) is 0 Å². The van der Waals surface area contributed by atoms with Crippen molar-refractivity contribution in [2.24, 2.45) is 23.7 Å². The van der Waals surface area contributed by atoms with Crippen molar-refractivity contribution in [1.29, 1.82) is 0 Å². The van der Waals surface area contributed by atoms with Gasteiger partial charge in [0.25, 0.3) is 0 Å². The van der Waals surface area contributed by atoms with Crippen LogP contribution in [0.2, 0.25) is 0 Å². The molecule has 3 saturated heterocycles. The van der Waals surface area contributed by atoms with Crippen LogP contribution in [0, 0.1) is 23.7 Å². The second kappa shape index (κ2) is 13.6. The Morgan fingerprint density at radius 3 is 2.20 bits per heavy atom. The van der Waals surface area contributed by atoms with Crippen LogP contribution in [0.3, 0.4) is 0 Å². The quantitative estimate of drug-likeness (QED) is 0.432. The Hall–Kier alpha value is -0.200. The first-order valence-corrected chi connectivity index (χ1v) is 15.1. The third kappa shape index (κ3) is 9.56. The molecule has 206 valence electrons. The lowest BCUT2D eigenvalue weighted by molar-refractivity contribution is -0.0689. The molecule has 3 aliphatic heterocycles. The summed E-state index contributed by atoms with van der Waals surface area (Å²) in [6.45, 7) is 21.8. The number of hydrogen-bond acceptors (Lipinski definition) is 5. The van der Waals surface area contributed by atoms with Gasteiger partial charge >= 0.3 is 0 Å². The average Bonchev–Trinajstić information content (AvgIpc) is 2.78.